The normalized spacial score (nSPS) is 13.4. The van der Waals surface area contributed by atoms with E-state index in [0.717, 1.165) is 12.1 Å². The van der Waals surface area contributed by atoms with Crippen LogP contribution >= 0.6 is 12.4 Å². The van der Waals surface area contributed by atoms with Gasteiger partial charge in [-0.3, -0.25) is 14.4 Å². The molecule has 1 aliphatic carbocycles. The number of rotatable bonds is 4. The second-order valence-corrected chi connectivity index (χ2v) is 8.50. The Balaban J connectivity index is 0.00000280. The quantitative estimate of drug-likeness (QED) is 0.641. The molecule has 0 bridgehead atoms. The van der Waals surface area contributed by atoms with E-state index in [9.17, 15) is 27.9 Å². The second-order valence-electron chi connectivity index (χ2n) is 6.22. The molecule has 28 heavy (non-hydrogen) atoms. The number of phenolic OH excluding ortho intramolecular Hbond substituents is 1. The predicted molar refractivity (Wildman–Crippen MR) is 105 cm³/mol. The molecule has 0 radical (unpaired) electrons. The van der Waals surface area contributed by atoms with E-state index in [1.807, 2.05) is 0 Å². The number of carbonyl (C=O) groups is 2. The van der Waals surface area contributed by atoms with Crippen molar-refractivity contribution in [3.63, 3.8) is 0 Å². The molecule has 10 heteroatoms. The lowest BCUT2D eigenvalue weighted by molar-refractivity contribution is 0.0971. The van der Waals surface area contributed by atoms with Gasteiger partial charge in [0.1, 0.15) is 11.3 Å². The molecule has 0 fully saturated rings. The molecule has 150 valence electrons. The Labute approximate surface area is 167 Å². The van der Waals surface area contributed by atoms with Crippen LogP contribution in [-0.2, 0) is 16.3 Å². The van der Waals surface area contributed by atoms with E-state index in [0.29, 0.717) is 30.5 Å². The summed E-state index contributed by atoms with van der Waals surface area (Å²) in [5, 5.41) is 12.3. The number of aromatic amines is 1. The van der Waals surface area contributed by atoms with Crippen LogP contribution < -0.4 is 10.9 Å². The highest BCUT2D eigenvalue weighted by Crippen LogP contribution is 2.27. The van der Waals surface area contributed by atoms with E-state index < -0.39 is 21.3 Å². The lowest BCUT2D eigenvalue weighted by Crippen LogP contribution is -2.27. The summed E-state index contributed by atoms with van der Waals surface area (Å²) in [6.07, 6.45) is 1.54. The minimum Gasteiger partial charge on any atom is -0.506 e. The van der Waals surface area contributed by atoms with Gasteiger partial charge in [0.15, 0.2) is 15.6 Å². The number of hydrogen-bond acceptors (Lipinski definition) is 6. The first-order valence-corrected chi connectivity index (χ1v) is 10.0. The first-order valence-electron chi connectivity index (χ1n) is 8.39. The number of aromatic hydroxyl groups is 1. The van der Waals surface area contributed by atoms with Crippen LogP contribution in [0.1, 0.15) is 46.2 Å². The molecular formula is C18H19ClN2O6S. The van der Waals surface area contributed by atoms with E-state index in [-0.39, 0.29) is 45.8 Å². The highest BCUT2D eigenvalue weighted by molar-refractivity contribution is 7.91. The number of hydrogen-bond donors (Lipinski definition) is 3. The number of amides is 1. The lowest BCUT2D eigenvalue weighted by Gasteiger charge is -2.15. The predicted octanol–water partition coefficient (Wildman–Crippen LogP) is 2.07. The van der Waals surface area contributed by atoms with Gasteiger partial charge in [0, 0.05) is 17.7 Å². The minimum absolute atomic E-state index is 0. The number of nitrogens with one attached hydrogen (secondary N) is 2. The summed E-state index contributed by atoms with van der Waals surface area (Å²) in [7, 11) is -3.54. The van der Waals surface area contributed by atoms with Crippen molar-refractivity contribution in [1.29, 1.82) is 0 Å². The molecule has 3 N–H and O–H groups in total. The molecule has 1 amide bonds. The molecule has 2 aromatic rings. The Hall–Kier alpha value is -2.65. The van der Waals surface area contributed by atoms with E-state index in [1.165, 1.54) is 19.1 Å². The SMILES string of the molecule is CCS(=O)(=O)c1ccc(O)c(NC(=O)c2cc3c([nH]c2=O)CCCC3=O)c1.Cl. The fourth-order valence-corrected chi connectivity index (χ4v) is 3.81. The summed E-state index contributed by atoms with van der Waals surface area (Å²) in [6, 6.07) is 4.76. The van der Waals surface area contributed by atoms with Crippen LogP contribution in [0.2, 0.25) is 0 Å². The molecule has 0 spiro atoms. The molecule has 0 unspecified atom stereocenters. The zero-order chi connectivity index (χ0) is 19.8. The number of benzene rings is 1. The summed E-state index contributed by atoms with van der Waals surface area (Å²) in [5.74, 6) is -1.49. The minimum atomic E-state index is -3.54. The topological polar surface area (TPSA) is 133 Å². The third kappa shape index (κ3) is 4.10. The van der Waals surface area contributed by atoms with Crippen molar-refractivity contribution in [2.45, 2.75) is 31.1 Å². The van der Waals surface area contributed by atoms with Gasteiger partial charge in [0.2, 0.25) is 0 Å². The van der Waals surface area contributed by atoms with Crippen molar-refractivity contribution < 1.29 is 23.1 Å². The standard InChI is InChI=1S/C18H18N2O6S.ClH/c1-2-27(25,26)10-6-7-16(22)14(8-10)20-18(24)12-9-11-13(19-17(12)23)4-3-5-15(11)21;/h6-9,22H,2-5H2,1H3,(H,19,23)(H,20,24);1H. The van der Waals surface area contributed by atoms with Crippen LogP contribution in [0.4, 0.5) is 5.69 Å². The third-order valence-corrected chi connectivity index (χ3v) is 6.19. The molecule has 0 saturated carbocycles. The first kappa shape index (κ1) is 21.6. The molecule has 0 aliphatic heterocycles. The number of Topliss-reactive ketones (excluding diaryl/α,β-unsaturated/α-hetero) is 1. The number of sulfone groups is 1. The van der Waals surface area contributed by atoms with E-state index in [1.54, 1.807) is 0 Å². The van der Waals surface area contributed by atoms with Gasteiger partial charge in [-0.15, -0.1) is 12.4 Å². The Morgan fingerprint density at radius 3 is 2.61 bits per heavy atom. The fraction of sp³-hybridized carbons (Fsp3) is 0.278. The van der Waals surface area contributed by atoms with Crippen LogP contribution in [0.25, 0.3) is 0 Å². The average Bonchev–Trinajstić information content (AvgIpc) is 2.63. The highest BCUT2D eigenvalue weighted by Gasteiger charge is 2.23. The summed E-state index contributed by atoms with van der Waals surface area (Å²) in [6.45, 7) is 1.48. The van der Waals surface area contributed by atoms with Crippen molar-refractivity contribution >= 4 is 39.6 Å². The molecule has 1 aromatic heterocycles. The van der Waals surface area contributed by atoms with Crippen LogP contribution in [0, 0.1) is 0 Å². The van der Waals surface area contributed by atoms with Crippen molar-refractivity contribution in [2.75, 3.05) is 11.1 Å². The summed E-state index contributed by atoms with van der Waals surface area (Å²) in [4.78, 5) is 39.2. The van der Waals surface area contributed by atoms with Crippen LogP contribution in [0.3, 0.4) is 0 Å². The molecule has 0 saturated heterocycles. The van der Waals surface area contributed by atoms with E-state index in [4.69, 9.17) is 0 Å². The Morgan fingerprint density at radius 1 is 1.21 bits per heavy atom. The van der Waals surface area contributed by atoms with Gasteiger partial charge in [0.25, 0.3) is 11.5 Å². The number of fused-ring (bicyclic) bond motifs is 1. The third-order valence-electron chi connectivity index (χ3n) is 4.45. The highest BCUT2D eigenvalue weighted by atomic mass is 35.5. The van der Waals surface area contributed by atoms with Gasteiger partial charge in [0.05, 0.1) is 16.3 Å². The van der Waals surface area contributed by atoms with Gasteiger partial charge in [-0.2, -0.15) is 0 Å². The van der Waals surface area contributed by atoms with E-state index >= 15 is 0 Å². The summed E-state index contributed by atoms with van der Waals surface area (Å²) >= 11 is 0. The number of H-pyrrole nitrogens is 1. The number of aryl methyl sites for hydroxylation is 1. The van der Waals surface area contributed by atoms with Crippen molar-refractivity contribution in [2.24, 2.45) is 0 Å². The lowest BCUT2D eigenvalue weighted by atomic mass is 9.93. The summed E-state index contributed by atoms with van der Waals surface area (Å²) < 4.78 is 24.0. The average molecular weight is 427 g/mol. The number of phenols is 1. The fourth-order valence-electron chi connectivity index (χ4n) is 2.91. The number of pyridine rings is 1. The van der Waals surface area contributed by atoms with Crippen molar-refractivity contribution in [3.8, 4) is 5.75 Å². The smallest absolute Gasteiger partial charge is 0.261 e. The Kier molecular flexibility index (Phi) is 6.30. The maximum Gasteiger partial charge on any atom is 0.261 e. The molecule has 1 aromatic carbocycles. The van der Waals surface area contributed by atoms with E-state index in [2.05, 4.69) is 10.3 Å². The van der Waals surface area contributed by atoms with Crippen LogP contribution in [0.15, 0.2) is 34.0 Å². The number of carbonyl (C=O) groups excluding carboxylic acids is 2. The molecule has 3 rings (SSSR count). The number of ketones is 1. The number of anilines is 1. The Bertz CT molecular complexity index is 1110. The van der Waals surface area contributed by atoms with Gasteiger partial charge in [-0.25, -0.2) is 8.42 Å². The maximum atomic E-state index is 12.5. The molecular weight excluding hydrogens is 408 g/mol. The monoisotopic (exact) mass is 426 g/mol. The summed E-state index contributed by atoms with van der Waals surface area (Å²) in [5.41, 5.74) is -0.271. The maximum absolute atomic E-state index is 12.5. The largest absolute Gasteiger partial charge is 0.506 e. The van der Waals surface area contributed by atoms with Gasteiger partial charge in [-0.1, -0.05) is 6.92 Å². The van der Waals surface area contributed by atoms with Gasteiger partial charge < -0.3 is 15.4 Å². The first-order chi connectivity index (χ1) is 12.7. The van der Waals surface area contributed by atoms with Gasteiger partial charge in [-0.05, 0) is 37.1 Å². The molecule has 0 atom stereocenters. The zero-order valence-corrected chi connectivity index (χ0v) is 16.6. The Morgan fingerprint density at radius 2 is 1.93 bits per heavy atom. The van der Waals surface area contributed by atoms with Crippen LogP contribution in [-0.4, -0.2) is 36.0 Å². The van der Waals surface area contributed by atoms with Crippen LogP contribution in [0.5, 0.6) is 5.75 Å². The van der Waals surface area contributed by atoms with Crippen molar-refractivity contribution in [1.82, 2.24) is 4.98 Å². The zero-order valence-electron chi connectivity index (χ0n) is 14.9. The molecule has 1 heterocycles. The number of aromatic nitrogens is 1. The number of halogens is 1. The second kappa shape index (κ2) is 8.15. The molecule has 1 aliphatic rings. The molecule has 8 nitrogen and oxygen atoms in total. The van der Waals surface area contributed by atoms with Crippen molar-refractivity contribution in [3.05, 3.63) is 51.4 Å². The van der Waals surface area contributed by atoms with Gasteiger partial charge >= 0.3 is 0 Å².